The fourth-order valence-electron chi connectivity index (χ4n) is 2.65. The van der Waals surface area contributed by atoms with Crippen molar-refractivity contribution in [2.45, 2.75) is 37.2 Å². The van der Waals surface area contributed by atoms with Gasteiger partial charge in [0.25, 0.3) is 5.69 Å². The van der Waals surface area contributed by atoms with Crippen molar-refractivity contribution in [1.82, 2.24) is 4.31 Å². The van der Waals surface area contributed by atoms with E-state index in [0.29, 0.717) is 11.1 Å². The molecule has 1 aliphatic carbocycles. The van der Waals surface area contributed by atoms with Crippen LogP contribution >= 0.6 is 0 Å². The average molecular weight is 364 g/mol. The van der Waals surface area contributed by atoms with Crippen LogP contribution in [0.5, 0.6) is 0 Å². The van der Waals surface area contributed by atoms with Gasteiger partial charge in [0, 0.05) is 24.7 Å². The molecular weight excluding hydrogens is 347 g/mol. The predicted molar refractivity (Wildman–Crippen MR) is 90.0 cm³/mol. The summed E-state index contributed by atoms with van der Waals surface area (Å²) in [6.45, 7) is 1.72. The van der Waals surface area contributed by atoms with Crippen LogP contribution in [-0.4, -0.2) is 23.7 Å². The highest BCUT2D eigenvalue weighted by molar-refractivity contribution is 7.89. The van der Waals surface area contributed by atoms with Crippen LogP contribution in [-0.2, 0) is 16.6 Å². The van der Waals surface area contributed by atoms with E-state index in [1.807, 2.05) is 0 Å². The van der Waals surface area contributed by atoms with E-state index in [1.165, 1.54) is 28.6 Å². The van der Waals surface area contributed by atoms with E-state index < -0.39 is 14.9 Å². The molecule has 8 heteroatoms. The quantitative estimate of drug-likeness (QED) is 0.581. The maximum atomic E-state index is 13.1. The van der Waals surface area contributed by atoms with Crippen LogP contribution in [0, 0.1) is 22.9 Å². The van der Waals surface area contributed by atoms with Crippen LogP contribution in [0.4, 0.5) is 10.1 Å². The summed E-state index contributed by atoms with van der Waals surface area (Å²) < 4.78 is 40.6. The van der Waals surface area contributed by atoms with Crippen LogP contribution in [0.15, 0.2) is 47.4 Å². The van der Waals surface area contributed by atoms with Crippen LogP contribution in [0.25, 0.3) is 0 Å². The molecule has 1 saturated carbocycles. The Balaban J connectivity index is 1.99. The molecule has 132 valence electrons. The van der Waals surface area contributed by atoms with E-state index in [9.17, 15) is 22.9 Å². The summed E-state index contributed by atoms with van der Waals surface area (Å²) in [5.41, 5.74) is 0.858. The van der Waals surface area contributed by atoms with Gasteiger partial charge in [-0.2, -0.15) is 4.31 Å². The van der Waals surface area contributed by atoms with Gasteiger partial charge in [-0.15, -0.1) is 0 Å². The highest BCUT2D eigenvalue weighted by atomic mass is 32.2. The summed E-state index contributed by atoms with van der Waals surface area (Å²) in [6, 6.07) is 9.35. The standard InChI is InChI=1S/C17H17FN2O4S/c1-12-2-7-16(20(21)22)10-17(12)25(23,24)19(15-8-9-15)11-13-3-5-14(18)6-4-13/h2-7,10,15H,8-9,11H2,1H3. The normalized spacial score (nSPS) is 14.7. The zero-order chi connectivity index (χ0) is 18.2. The van der Waals surface area contributed by atoms with Crippen LogP contribution in [0.1, 0.15) is 24.0 Å². The van der Waals surface area contributed by atoms with Gasteiger partial charge in [-0.3, -0.25) is 10.1 Å². The summed E-state index contributed by atoms with van der Waals surface area (Å²) in [5.74, 6) is -0.390. The molecule has 0 aliphatic heterocycles. The maximum Gasteiger partial charge on any atom is 0.270 e. The van der Waals surface area contributed by atoms with Gasteiger partial charge >= 0.3 is 0 Å². The monoisotopic (exact) mass is 364 g/mol. The Morgan fingerprint density at radius 3 is 2.40 bits per heavy atom. The third-order valence-corrected chi connectivity index (χ3v) is 6.22. The molecule has 2 aromatic rings. The van der Waals surface area contributed by atoms with Gasteiger partial charge in [-0.25, -0.2) is 12.8 Å². The smallest absolute Gasteiger partial charge is 0.258 e. The molecule has 0 atom stereocenters. The molecule has 2 aromatic carbocycles. The number of halogens is 1. The number of hydrogen-bond donors (Lipinski definition) is 0. The van der Waals surface area contributed by atoms with Gasteiger partial charge in [-0.1, -0.05) is 18.2 Å². The molecule has 0 saturated heterocycles. The molecule has 0 amide bonds. The van der Waals surface area contributed by atoms with Crippen molar-refractivity contribution >= 4 is 15.7 Å². The zero-order valence-electron chi connectivity index (χ0n) is 13.6. The Bertz CT molecular complexity index is 909. The van der Waals surface area contributed by atoms with E-state index in [-0.39, 0.29) is 29.0 Å². The minimum Gasteiger partial charge on any atom is -0.258 e. The average Bonchev–Trinajstić information content (AvgIpc) is 3.38. The van der Waals surface area contributed by atoms with Crippen molar-refractivity contribution in [2.75, 3.05) is 0 Å². The highest BCUT2D eigenvalue weighted by Gasteiger charge is 2.39. The number of nitro benzene ring substituents is 1. The molecule has 0 spiro atoms. The summed E-state index contributed by atoms with van der Waals surface area (Å²) in [4.78, 5) is 10.3. The summed E-state index contributed by atoms with van der Waals surface area (Å²) >= 11 is 0. The second-order valence-electron chi connectivity index (χ2n) is 6.11. The molecule has 0 unspecified atom stereocenters. The van der Waals surface area contributed by atoms with Crippen LogP contribution in [0.3, 0.4) is 0 Å². The number of nitrogens with zero attached hydrogens (tertiary/aromatic N) is 2. The minimum absolute atomic E-state index is 0.0595. The van der Waals surface area contributed by atoms with Crippen LogP contribution < -0.4 is 0 Å². The van der Waals surface area contributed by atoms with E-state index in [0.717, 1.165) is 18.9 Å². The lowest BCUT2D eigenvalue weighted by atomic mass is 10.2. The second kappa shape index (κ2) is 6.53. The number of non-ortho nitro benzene ring substituents is 1. The van der Waals surface area contributed by atoms with Crippen molar-refractivity contribution < 1.29 is 17.7 Å². The summed E-state index contributed by atoms with van der Waals surface area (Å²) in [5, 5.41) is 11.0. The lowest BCUT2D eigenvalue weighted by Crippen LogP contribution is -2.33. The lowest BCUT2D eigenvalue weighted by Gasteiger charge is -2.23. The van der Waals surface area contributed by atoms with Crippen molar-refractivity contribution in [3.8, 4) is 0 Å². The number of sulfonamides is 1. The summed E-state index contributed by atoms with van der Waals surface area (Å²) in [7, 11) is -3.90. The number of nitro groups is 1. The molecule has 0 radical (unpaired) electrons. The third kappa shape index (κ3) is 3.69. The zero-order valence-corrected chi connectivity index (χ0v) is 14.4. The van der Waals surface area contributed by atoms with Crippen molar-refractivity contribution in [1.29, 1.82) is 0 Å². The Kier molecular flexibility index (Phi) is 4.57. The number of hydrogen-bond acceptors (Lipinski definition) is 4. The molecule has 6 nitrogen and oxygen atoms in total. The first-order valence-corrected chi connectivity index (χ1v) is 9.24. The third-order valence-electron chi connectivity index (χ3n) is 4.17. The highest BCUT2D eigenvalue weighted by Crippen LogP contribution is 2.35. The van der Waals surface area contributed by atoms with Gasteiger partial charge in [0.2, 0.25) is 10.0 Å². The van der Waals surface area contributed by atoms with E-state index in [4.69, 9.17) is 0 Å². The minimum atomic E-state index is -3.90. The fourth-order valence-corrected chi connectivity index (χ4v) is 4.57. The van der Waals surface area contributed by atoms with Gasteiger partial charge in [-0.05, 0) is 43.0 Å². The number of benzene rings is 2. The molecule has 0 N–H and O–H groups in total. The molecule has 25 heavy (non-hydrogen) atoms. The van der Waals surface area contributed by atoms with Gasteiger partial charge < -0.3 is 0 Å². The van der Waals surface area contributed by atoms with E-state index in [2.05, 4.69) is 0 Å². The largest absolute Gasteiger partial charge is 0.270 e. The SMILES string of the molecule is Cc1ccc([N+](=O)[O-])cc1S(=O)(=O)N(Cc1ccc(F)cc1)C1CC1. The van der Waals surface area contributed by atoms with Crippen molar-refractivity contribution in [3.63, 3.8) is 0 Å². The first kappa shape index (κ1) is 17.5. The van der Waals surface area contributed by atoms with Crippen molar-refractivity contribution in [2.24, 2.45) is 0 Å². The maximum absolute atomic E-state index is 13.1. The molecule has 3 rings (SSSR count). The Labute approximate surface area is 145 Å². The fraction of sp³-hybridized carbons (Fsp3) is 0.294. The molecule has 0 aromatic heterocycles. The van der Waals surface area contributed by atoms with E-state index in [1.54, 1.807) is 19.1 Å². The number of aryl methyl sites for hydroxylation is 1. The van der Waals surface area contributed by atoms with E-state index >= 15 is 0 Å². The molecule has 1 fully saturated rings. The molecule has 0 bridgehead atoms. The van der Waals surface area contributed by atoms with Gasteiger partial charge in [0.15, 0.2) is 0 Å². The lowest BCUT2D eigenvalue weighted by molar-refractivity contribution is -0.385. The van der Waals surface area contributed by atoms with Crippen molar-refractivity contribution in [3.05, 3.63) is 69.5 Å². The first-order valence-electron chi connectivity index (χ1n) is 7.80. The predicted octanol–water partition coefficient (Wildman–Crippen LogP) is 3.40. The molecular formula is C17H17FN2O4S. The Hall–Kier alpha value is -2.32. The molecule has 1 aliphatic rings. The van der Waals surface area contributed by atoms with Gasteiger partial charge in [0.1, 0.15) is 5.82 Å². The van der Waals surface area contributed by atoms with Crippen LogP contribution in [0.2, 0.25) is 0 Å². The molecule has 0 heterocycles. The summed E-state index contributed by atoms with van der Waals surface area (Å²) in [6.07, 6.45) is 1.49. The van der Waals surface area contributed by atoms with Gasteiger partial charge in [0.05, 0.1) is 9.82 Å². The Morgan fingerprint density at radius 2 is 1.84 bits per heavy atom. The second-order valence-corrected chi connectivity index (χ2v) is 7.97. The first-order chi connectivity index (χ1) is 11.8. The topological polar surface area (TPSA) is 80.5 Å². The Morgan fingerprint density at radius 1 is 1.20 bits per heavy atom. The number of rotatable bonds is 6.